The third-order valence-electron chi connectivity index (χ3n) is 1.89. The summed E-state index contributed by atoms with van der Waals surface area (Å²) in [4.78, 5) is 13.2. The van der Waals surface area contributed by atoms with Gasteiger partial charge in [-0.15, -0.1) is 0 Å². The van der Waals surface area contributed by atoms with Gasteiger partial charge >= 0.3 is 0 Å². The monoisotopic (exact) mass is 212 g/mol. The van der Waals surface area contributed by atoms with Crippen molar-refractivity contribution in [3.63, 3.8) is 0 Å². The predicted octanol–water partition coefficient (Wildman–Crippen LogP) is 2.08. The minimum atomic E-state index is -0.0361. The number of carbonyl (C=O) groups excluding carboxylic acids is 1. The lowest BCUT2D eigenvalue weighted by molar-refractivity contribution is 0.0828. The number of hydrogen-bond donors (Lipinski definition) is 1. The summed E-state index contributed by atoms with van der Waals surface area (Å²) >= 11 is 5.81. The maximum Gasteiger partial charge on any atom is 0.255 e. The van der Waals surface area contributed by atoms with Crippen LogP contribution in [0.2, 0.25) is 5.02 Å². The lowest BCUT2D eigenvalue weighted by Gasteiger charge is -2.13. The number of nitrogens with one attached hydrogen (secondary N) is 1. The van der Waals surface area contributed by atoms with Crippen molar-refractivity contribution >= 4 is 23.2 Å². The minimum Gasteiger partial charge on any atom is -0.387 e. The fourth-order valence-corrected chi connectivity index (χ4v) is 1.32. The molecule has 0 aromatic heterocycles. The van der Waals surface area contributed by atoms with Crippen LogP contribution in [0.5, 0.6) is 0 Å². The molecule has 0 unspecified atom stereocenters. The molecule has 4 heteroatoms. The highest BCUT2D eigenvalue weighted by Gasteiger charge is 2.12. The Morgan fingerprint density at radius 1 is 1.43 bits per heavy atom. The standard InChI is InChI=1S/C10H13ClN2O/c1-12-9-6-7(11)4-5-8(9)10(14)13(2)3/h4-6,12H,1-3H3. The second kappa shape index (κ2) is 4.33. The summed E-state index contributed by atoms with van der Waals surface area (Å²) in [7, 11) is 5.20. The lowest BCUT2D eigenvalue weighted by Crippen LogP contribution is -2.22. The summed E-state index contributed by atoms with van der Waals surface area (Å²) in [5, 5.41) is 3.56. The van der Waals surface area contributed by atoms with Crippen LogP contribution in [0.1, 0.15) is 10.4 Å². The molecule has 0 atom stereocenters. The number of halogens is 1. The molecule has 0 aliphatic carbocycles. The third kappa shape index (κ3) is 2.17. The van der Waals surface area contributed by atoms with E-state index >= 15 is 0 Å². The van der Waals surface area contributed by atoms with E-state index < -0.39 is 0 Å². The fourth-order valence-electron chi connectivity index (χ4n) is 1.15. The quantitative estimate of drug-likeness (QED) is 0.814. The largest absolute Gasteiger partial charge is 0.387 e. The molecule has 1 amide bonds. The van der Waals surface area contributed by atoms with Gasteiger partial charge in [-0.3, -0.25) is 4.79 Å². The van der Waals surface area contributed by atoms with E-state index in [0.29, 0.717) is 10.6 Å². The van der Waals surface area contributed by atoms with E-state index in [4.69, 9.17) is 11.6 Å². The van der Waals surface area contributed by atoms with Crippen LogP contribution in [0.4, 0.5) is 5.69 Å². The van der Waals surface area contributed by atoms with Crippen molar-refractivity contribution in [2.24, 2.45) is 0 Å². The van der Waals surface area contributed by atoms with E-state index in [1.807, 2.05) is 0 Å². The number of carbonyl (C=O) groups is 1. The van der Waals surface area contributed by atoms with Crippen molar-refractivity contribution in [3.05, 3.63) is 28.8 Å². The van der Waals surface area contributed by atoms with Gasteiger partial charge in [0.05, 0.1) is 5.56 Å². The highest BCUT2D eigenvalue weighted by Crippen LogP contribution is 2.21. The molecule has 0 fully saturated rings. The summed E-state index contributed by atoms with van der Waals surface area (Å²) < 4.78 is 0. The third-order valence-corrected chi connectivity index (χ3v) is 2.12. The Morgan fingerprint density at radius 2 is 2.07 bits per heavy atom. The summed E-state index contributed by atoms with van der Waals surface area (Å²) in [6.07, 6.45) is 0. The van der Waals surface area contributed by atoms with Crippen LogP contribution in [0.25, 0.3) is 0 Å². The number of rotatable bonds is 2. The molecular weight excluding hydrogens is 200 g/mol. The maximum atomic E-state index is 11.7. The van der Waals surface area contributed by atoms with Crippen LogP contribution >= 0.6 is 11.6 Å². The first-order valence-electron chi connectivity index (χ1n) is 4.25. The molecule has 1 aromatic carbocycles. The smallest absolute Gasteiger partial charge is 0.255 e. The van der Waals surface area contributed by atoms with Gasteiger partial charge in [-0.1, -0.05) is 11.6 Å². The molecule has 1 aromatic rings. The van der Waals surface area contributed by atoms with Crippen LogP contribution in [0.3, 0.4) is 0 Å². The van der Waals surface area contributed by atoms with Gasteiger partial charge in [0, 0.05) is 31.9 Å². The number of anilines is 1. The van der Waals surface area contributed by atoms with Gasteiger partial charge in [0.1, 0.15) is 0 Å². The SMILES string of the molecule is CNc1cc(Cl)ccc1C(=O)N(C)C. The Bertz CT molecular complexity index is 350. The Balaban J connectivity index is 3.14. The molecular formula is C10H13ClN2O. The van der Waals surface area contributed by atoms with Gasteiger partial charge in [0.2, 0.25) is 0 Å². The zero-order valence-corrected chi connectivity index (χ0v) is 9.22. The Labute approximate surface area is 88.7 Å². The van der Waals surface area contributed by atoms with Crippen LogP contribution in [-0.4, -0.2) is 32.0 Å². The molecule has 0 bridgehead atoms. The molecule has 1 rings (SSSR count). The first kappa shape index (κ1) is 10.9. The number of benzene rings is 1. The van der Waals surface area contributed by atoms with Crippen molar-refractivity contribution in [2.45, 2.75) is 0 Å². The molecule has 0 radical (unpaired) electrons. The summed E-state index contributed by atoms with van der Waals surface area (Å²) in [6.45, 7) is 0. The molecule has 0 saturated heterocycles. The van der Waals surface area contributed by atoms with E-state index in [1.54, 1.807) is 39.3 Å². The lowest BCUT2D eigenvalue weighted by atomic mass is 10.1. The summed E-state index contributed by atoms with van der Waals surface area (Å²) in [6, 6.07) is 5.16. The average molecular weight is 213 g/mol. The molecule has 3 nitrogen and oxygen atoms in total. The second-order valence-corrected chi connectivity index (χ2v) is 3.58. The van der Waals surface area contributed by atoms with Crippen molar-refractivity contribution in [2.75, 3.05) is 26.5 Å². The van der Waals surface area contributed by atoms with E-state index in [1.165, 1.54) is 4.90 Å². The molecule has 0 aliphatic rings. The second-order valence-electron chi connectivity index (χ2n) is 3.14. The van der Waals surface area contributed by atoms with Crippen molar-refractivity contribution < 1.29 is 4.79 Å². The highest BCUT2D eigenvalue weighted by molar-refractivity contribution is 6.31. The van der Waals surface area contributed by atoms with Crippen LogP contribution in [-0.2, 0) is 0 Å². The normalized spacial score (nSPS) is 9.71. The van der Waals surface area contributed by atoms with Gasteiger partial charge < -0.3 is 10.2 Å². The van der Waals surface area contributed by atoms with E-state index in [9.17, 15) is 4.79 Å². The molecule has 14 heavy (non-hydrogen) atoms. The minimum absolute atomic E-state index is 0.0361. The molecule has 0 heterocycles. The first-order valence-corrected chi connectivity index (χ1v) is 4.63. The van der Waals surface area contributed by atoms with Crippen molar-refractivity contribution in [1.82, 2.24) is 4.90 Å². The van der Waals surface area contributed by atoms with Crippen molar-refractivity contribution in [1.29, 1.82) is 0 Å². The number of hydrogen-bond acceptors (Lipinski definition) is 2. The maximum absolute atomic E-state index is 11.7. The summed E-state index contributed by atoms with van der Waals surface area (Å²) in [5.74, 6) is -0.0361. The van der Waals surface area contributed by atoms with E-state index in [0.717, 1.165) is 5.69 Å². The molecule has 76 valence electrons. The van der Waals surface area contributed by atoms with Gasteiger partial charge in [-0.05, 0) is 18.2 Å². The number of amides is 1. The molecule has 0 spiro atoms. The fraction of sp³-hybridized carbons (Fsp3) is 0.300. The van der Waals surface area contributed by atoms with Crippen LogP contribution < -0.4 is 5.32 Å². The Morgan fingerprint density at radius 3 is 2.57 bits per heavy atom. The average Bonchev–Trinajstić information content (AvgIpc) is 2.16. The molecule has 0 saturated carbocycles. The van der Waals surface area contributed by atoms with Gasteiger partial charge in [0.25, 0.3) is 5.91 Å². The zero-order valence-electron chi connectivity index (χ0n) is 8.47. The van der Waals surface area contributed by atoms with Crippen LogP contribution in [0.15, 0.2) is 18.2 Å². The van der Waals surface area contributed by atoms with Gasteiger partial charge in [-0.2, -0.15) is 0 Å². The van der Waals surface area contributed by atoms with Gasteiger partial charge in [0.15, 0.2) is 0 Å². The zero-order chi connectivity index (χ0) is 10.7. The van der Waals surface area contributed by atoms with Crippen LogP contribution in [0, 0.1) is 0 Å². The Kier molecular flexibility index (Phi) is 3.36. The van der Waals surface area contributed by atoms with Gasteiger partial charge in [-0.25, -0.2) is 0 Å². The number of nitrogens with zero attached hydrogens (tertiary/aromatic N) is 1. The molecule has 0 aliphatic heterocycles. The molecule has 1 N–H and O–H groups in total. The van der Waals surface area contributed by atoms with Crippen molar-refractivity contribution in [3.8, 4) is 0 Å². The summed E-state index contributed by atoms with van der Waals surface area (Å²) in [5.41, 5.74) is 1.37. The topological polar surface area (TPSA) is 32.3 Å². The van der Waals surface area contributed by atoms with E-state index in [-0.39, 0.29) is 5.91 Å². The predicted molar refractivity (Wildman–Crippen MR) is 59.0 cm³/mol. The highest BCUT2D eigenvalue weighted by atomic mass is 35.5. The van der Waals surface area contributed by atoms with E-state index in [2.05, 4.69) is 5.32 Å². The first-order chi connectivity index (χ1) is 6.56. The Hall–Kier alpha value is -1.22.